The zero-order valence-corrected chi connectivity index (χ0v) is 11.9. The number of rotatable bonds is 4. The van der Waals surface area contributed by atoms with Gasteiger partial charge in [0, 0.05) is 7.11 Å². The molecule has 0 radical (unpaired) electrons. The molecule has 0 aromatic carbocycles. The fraction of sp³-hybridized carbons (Fsp3) is 0.750. The highest BCUT2D eigenvalue weighted by molar-refractivity contribution is 5.88. The van der Waals surface area contributed by atoms with E-state index in [0.717, 1.165) is 0 Å². The summed E-state index contributed by atoms with van der Waals surface area (Å²) in [5.74, 6) is -0.448. The summed E-state index contributed by atoms with van der Waals surface area (Å²) < 4.78 is 12.1. The maximum Gasteiger partial charge on any atom is 0.361 e. The van der Waals surface area contributed by atoms with Gasteiger partial charge >= 0.3 is 5.97 Å². The van der Waals surface area contributed by atoms with Crippen molar-refractivity contribution in [1.29, 1.82) is 0 Å². The zero-order chi connectivity index (χ0) is 13.9. The third-order valence-corrected chi connectivity index (χ3v) is 2.41. The summed E-state index contributed by atoms with van der Waals surface area (Å²) in [4.78, 5) is 11.9. The van der Waals surface area contributed by atoms with Crippen molar-refractivity contribution >= 4 is 5.97 Å². The van der Waals surface area contributed by atoms with Gasteiger partial charge in [0.15, 0.2) is 5.69 Å². The van der Waals surface area contributed by atoms with Crippen molar-refractivity contribution < 1.29 is 14.3 Å². The number of carbonyl (C=O) groups is 1. The lowest BCUT2D eigenvalue weighted by molar-refractivity contribution is 0.00617. The van der Waals surface area contributed by atoms with Crippen LogP contribution in [0.3, 0.4) is 0 Å². The van der Waals surface area contributed by atoms with E-state index >= 15 is 0 Å². The molecule has 0 spiro atoms. The number of ether oxygens (including phenoxy) is 2. The van der Waals surface area contributed by atoms with Gasteiger partial charge in [0.2, 0.25) is 0 Å². The average molecular weight is 255 g/mol. The van der Waals surface area contributed by atoms with Crippen molar-refractivity contribution in [2.45, 2.75) is 52.9 Å². The average Bonchev–Trinajstić information content (AvgIpc) is 2.58. The van der Waals surface area contributed by atoms with Crippen LogP contribution in [0.15, 0.2) is 0 Å². The summed E-state index contributed by atoms with van der Waals surface area (Å²) in [5, 5.41) is 7.81. The molecule has 6 nitrogen and oxygen atoms in total. The molecule has 1 rings (SSSR count). The molecule has 0 fully saturated rings. The van der Waals surface area contributed by atoms with E-state index in [1.807, 2.05) is 27.7 Å². The van der Waals surface area contributed by atoms with E-state index in [4.69, 9.17) is 9.47 Å². The van der Waals surface area contributed by atoms with Crippen LogP contribution < -0.4 is 0 Å². The first kappa shape index (κ1) is 14.6. The van der Waals surface area contributed by atoms with Gasteiger partial charge in [-0.2, -0.15) is 0 Å². The highest BCUT2D eigenvalue weighted by Gasteiger charge is 2.23. The monoisotopic (exact) mass is 255 g/mol. The highest BCUT2D eigenvalue weighted by atomic mass is 16.6. The first-order valence-corrected chi connectivity index (χ1v) is 5.91. The second-order valence-corrected chi connectivity index (χ2v) is 5.25. The number of hydrogen-bond donors (Lipinski definition) is 0. The summed E-state index contributed by atoms with van der Waals surface area (Å²) in [7, 11) is 1.63. The van der Waals surface area contributed by atoms with Crippen molar-refractivity contribution in [3.63, 3.8) is 0 Å². The van der Waals surface area contributed by atoms with E-state index in [0.29, 0.717) is 12.2 Å². The molecule has 102 valence electrons. The molecule has 0 aliphatic heterocycles. The highest BCUT2D eigenvalue weighted by Crippen LogP contribution is 2.13. The van der Waals surface area contributed by atoms with Gasteiger partial charge in [0.05, 0.1) is 18.3 Å². The predicted octanol–water partition coefficient (Wildman–Crippen LogP) is 1.58. The maximum absolute atomic E-state index is 11.9. The molecular formula is C12H21N3O3. The van der Waals surface area contributed by atoms with Gasteiger partial charge in [0.25, 0.3) is 0 Å². The molecule has 1 atom stereocenters. The minimum atomic E-state index is -0.535. The van der Waals surface area contributed by atoms with Crippen molar-refractivity contribution in [1.82, 2.24) is 15.0 Å². The molecule has 0 saturated heterocycles. The van der Waals surface area contributed by atoms with Crippen LogP contribution in [-0.4, -0.2) is 39.8 Å². The summed E-state index contributed by atoms with van der Waals surface area (Å²) in [6.07, 6.45) is 0.0110. The quantitative estimate of drug-likeness (QED) is 0.764. The summed E-state index contributed by atoms with van der Waals surface area (Å²) in [5.41, 5.74) is 0.411. The molecule has 6 heteroatoms. The Hall–Kier alpha value is -1.43. The lowest BCUT2D eigenvalue weighted by atomic mass is 10.2. The summed E-state index contributed by atoms with van der Waals surface area (Å²) >= 11 is 0. The summed E-state index contributed by atoms with van der Waals surface area (Å²) in [6.45, 7) is 9.72. The van der Waals surface area contributed by atoms with Crippen LogP contribution in [0.5, 0.6) is 0 Å². The molecule has 0 amide bonds. The SMILES string of the molecule is COC(C)Cn1nnc(C(=O)OC(C)(C)C)c1C. The standard InChI is InChI=1S/C12H21N3O3/c1-8(17-6)7-15-9(2)10(13-14-15)11(16)18-12(3,4)5/h8H,7H2,1-6H3. The first-order chi connectivity index (χ1) is 8.24. The molecule has 18 heavy (non-hydrogen) atoms. The molecule has 0 saturated carbocycles. The van der Waals surface area contributed by atoms with Gasteiger partial charge in [-0.3, -0.25) is 0 Å². The van der Waals surface area contributed by atoms with Gasteiger partial charge < -0.3 is 9.47 Å². The molecule has 0 aliphatic rings. The van der Waals surface area contributed by atoms with Crippen molar-refractivity contribution in [2.75, 3.05) is 7.11 Å². The van der Waals surface area contributed by atoms with E-state index in [2.05, 4.69) is 10.3 Å². The lowest BCUT2D eigenvalue weighted by Crippen LogP contribution is -2.24. The van der Waals surface area contributed by atoms with Crippen LogP contribution in [0.4, 0.5) is 0 Å². The van der Waals surface area contributed by atoms with Crippen molar-refractivity contribution in [3.8, 4) is 0 Å². The van der Waals surface area contributed by atoms with Crippen LogP contribution >= 0.6 is 0 Å². The molecule has 1 heterocycles. The molecule has 0 aliphatic carbocycles. The minimum Gasteiger partial charge on any atom is -0.455 e. The largest absolute Gasteiger partial charge is 0.455 e. The minimum absolute atomic E-state index is 0.0110. The number of aromatic nitrogens is 3. The molecule has 1 aromatic heterocycles. The summed E-state index contributed by atoms with van der Waals surface area (Å²) in [6, 6.07) is 0. The second kappa shape index (κ2) is 5.48. The van der Waals surface area contributed by atoms with Crippen LogP contribution in [0.1, 0.15) is 43.9 Å². The van der Waals surface area contributed by atoms with Crippen LogP contribution in [0.2, 0.25) is 0 Å². The molecule has 0 bridgehead atoms. The van der Waals surface area contributed by atoms with Gasteiger partial charge in [0.1, 0.15) is 5.60 Å². The van der Waals surface area contributed by atoms with E-state index in [9.17, 15) is 4.79 Å². The maximum atomic E-state index is 11.9. The van der Waals surface area contributed by atoms with Gasteiger partial charge in [-0.15, -0.1) is 5.10 Å². The van der Waals surface area contributed by atoms with Gasteiger partial charge in [-0.1, -0.05) is 5.21 Å². The third kappa shape index (κ3) is 3.80. The number of carbonyl (C=O) groups excluding carboxylic acids is 1. The third-order valence-electron chi connectivity index (χ3n) is 2.41. The Kier molecular flexibility index (Phi) is 4.45. The van der Waals surface area contributed by atoms with Crippen LogP contribution in [0, 0.1) is 6.92 Å². The number of hydrogen-bond acceptors (Lipinski definition) is 5. The Labute approximate surface area is 107 Å². The Balaban J connectivity index is 2.83. The fourth-order valence-electron chi connectivity index (χ4n) is 1.37. The molecule has 1 aromatic rings. The fourth-order valence-corrected chi connectivity index (χ4v) is 1.37. The van der Waals surface area contributed by atoms with E-state index in [-0.39, 0.29) is 11.8 Å². The van der Waals surface area contributed by atoms with Crippen molar-refractivity contribution in [3.05, 3.63) is 11.4 Å². The number of nitrogens with zero attached hydrogens (tertiary/aromatic N) is 3. The lowest BCUT2D eigenvalue weighted by Gasteiger charge is -2.18. The Morgan fingerprint density at radius 2 is 2.06 bits per heavy atom. The predicted molar refractivity (Wildman–Crippen MR) is 66.4 cm³/mol. The Bertz CT molecular complexity index is 421. The number of esters is 1. The van der Waals surface area contributed by atoms with Gasteiger partial charge in [-0.05, 0) is 34.6 Å². The van der Waals surface area contributed by atoms with Gasteiger partial charge in [-0.25, -0.2) is 9.48 Å². The van der Waals surface area contributed by atoms with E-state index < -0.39 is 11.6 Å². The Morgan fingerprint density at radius 3 is 2.56 bits per heavy atom. The molecule has 0 N–H and O–H groups in total. The van der Waals surface area contributed by atoms with Crippen LogP contribution in [0.25, 0.3) is 0 Å². The topological polar surface area (TPSA) is 66.2 Å². The normalized spacial score (nSPS) is 13.4. The van der Waals surface area contributed by atoms with Crippen LogP contribution in [-0.2, 0) is 16.0 Å². The van der Waals surface area contributed by atoms with E-state index in [1.54, 1.807) is 18.7 Å². The zero-order valence-electron chi connectivity index (χ0n) is 11.9. The van der Waals surface area contributed by atoms with Crippen molar-refractivity contribution in [2.24, 2.45) is 0 Å². The molecular weight excluding hydrogens is 234 g/mol. The Morgan fingerprint density at radius 1 is 1.44 bits per heavy atom. The van der Waals surface area contributed by atoms with E-state index in [1.165, 1.54) is 0 Å². The number of methoxy groups -OCH3 is 1. The molecule has 1 unspecified atom stereocenters. The first-order valence-electron chi connectivity index (χ1n) is 5.91. The second-order valence-electron chi connectivity index (χ2n) is 5.25. The smallest absolute Gasteiger partial charge is 0.361 e.